The molecule has 6 aliphatic rings. The summed E-state index contributed by atoms with van der Waals surface area (Å²) < 4.78 is 16.0. The van der Waals surface area contributed by atoms with E-state index in [4.69, 9.17) is 34.0 Å². The molecule has 16 nitrogen and oxygen atoms in total. The predicted molar refractivity (Wildman–Crippen MR) is 159 cm³/mol. The summed E-state index contributed by atoms with van der Waals surface area (Å²) in [5.74, 6) is -4.37. The highest BCUT2D eigenvalue weighted by atomic mass is 79.9. The summed E-state index contributed by atoms with van der Waals surface area (Å²) in [5, 5.41) is 43.3. The third-order valence-corrected chi connectivity index (χ3v) is 8.90. The zero-order valence-corrected chi connectivity index (χ0v) is 26.6. The Hall–Kier alpha value is -3.74. The Morgan fingerprint density at radius 2 is 1.11 bits per heavy atom. The number of carbonyl (C=O) groups is 2. The Balaban J connectivity index is 0.000000138. The number of carboxylic acids is 2. The number of rotatable bonds is 3. The van der Waals surface area contributed by atoms with Crippen molar-refractivity contribution in [2.45, 2.75) is 0 Å². The number of quaternary nitrogens is 2. The summed E-state index contributed by atoms with van der Waals surface area (Å²) in [7, 11) is 0. The van der Waals surface area contributed by atoms with Gasteiger partial charge in [0.2, 0.25) is 0 Å². The van der Waals surface area contributed by atoms with Gasteiger partial charge in [-0.25, -0.2) is 0 Å². The lowest BCUT2D eigenvalue weighted by molar-refractivity contribution is -0.752. The quantitative estimate of drug-likeness (QED) is 0.190. The molecule has 2 aromatic rings. The summed E-state index contributed by atoms with van der Waals surface area (Å²) in [5.41, 5.74) is 2.87. The van der Waals surface area contributed by atoms with Gasteiger partial charge in [-0.1, -0.05) is 28.1 Å². The Morgan fingerprint density at radius 1 is 0.696 bits per heavy atom. The maximum Gasteiger partial charge on any atom is 0.271 e. The molecular formula is C29H36BrN5O11. The van der Waals surface area contributed by atoms with Gasteiger partial charge in [0.15, 0.2) is 0 Å². The summed E-state index contributed by atoms with van der Waals surface area (Å²) in [6.07, 6.45) is 0. The number of hydrogen-bond acceptors (Lipinski definition) is 12. The second-order valence-corrected chi connectivity index (χ2v) is 13.2. The minimum atomic E-state index is -2.19. The number of aliphatic carboxylic acids is 2. The third-order valence-electron chi connectivity index (χ3n) is 8.40. The smallest absolute Gasteiger partial charge is 0.271 e. The molecule has 6 heterocycles. The molecule has 46 heavy (non-hydrogen) atoms. The van der Waals surface area contributed by atoms with Crippen LogP contribution in [-0.4, -0.2) is 101 Å². The number of anilines is 1. The van der Waals surface area contributed by atoms with Gasteiger partial charge in [0, 0.05) is 47.5 Å². The van der Waals surface area contributed by atoms with Crippen molar-refractivity contribution in [3.8, 4) is 0 Å². The molecule has 0 saturated carbocycles. The number of halogens is 1. The molecule has 8 rings (SSSR count). The van der Waals surface area contributed by atoms with E-state index < -0.39 is 16.9 Å². The van der Waals surface area contributed by atoms with E-state index in [9.17, 15) is 20.2 Å². The molecule has 3 spiro atoms. The van der Waals surface area contributed by atoms with Gasteiger partial charge < -0.3 is 49.5 Å². The van der Waals surface area contributed by atoms with E-state index in [1.165, 1.54) is 44.4 Å². The number of nitrogens with zero attached hydrogens (tertiary/aromatic N) is 3. The molecule has 0 unspecified atom stereocenters. The highest BCUT2D eigenvalue weighted by Crippen LogP contribution is 2.40. The summed E-state index contributed by atoms with van der Waals surface area (Å²) in [6, 6.07) is 13.1. The lowest BCUT2D eigenvalue weighted by Crippen LogP contribution is -3.02. The maximum atomic E-state index is 10.6. The van der Waals surface area contributed by atoms with Crippen molar-refractivity contribution in [1.29, 1.82) is 0 Å². The van der Waals surface area contributed by atoms with Gasteiger partial charge in [-0.3, -0.25) is 20.2 Å². The summed E-state index contributed by atoms with van der Waals surface area (Å²) in [4.78, 5) is 40.0. The first-order valence-electron chi connectivity index (χ1n) is 14.5. The van der Waals surface area contributed by atoms with Crippen molar-refractivity contribution in [1.82, 2.24) is 0 Å². The number of carbonyl (C=O) groups excluding carboxylic acids is 2. The van der Waals surface area contributed by atoms with Gasteiger partial charge in [0.1, 0.15) is 10.8 Å². The molecular weight excluding hydrogens is 674 g/mol. The van der Waals surface area contributed by atoms with Crippen LogP contribution in [0.2, 0.25) is 0 Å². The minimum absolute atomic E-state index is 0.106. The van der Waals surface area contributed by atoms with Gasteiger partial charge in [0.25, 0.3) is 11.4 Å². The van der Waals surface area contributed by atoms with E-state index in [-0.39, 0.29) is 16.3 Å². The molecule has 0 amide bonds. The number of non-ortho nitro benzene ring substituents is 2. The standard InChI is InChI=1S/C11H12N2O3.C6H4BrNO2.2C5H9NO.C2H2O4/c14-13(15)10-3-1-2-9(4-10)12-5-11(6-12)7-16-8-11;7-5-2-1-3-6(4-5)8(9)10;2*1-5(2-6-1)3-7-4-5;3-1(4)2(5)6/h1-4H,5-8H2;1-4H;2*6H,1-4H2;(H,3,4)(H,5,6). The van der Waals surface area contributed by atoms with Crippen LogP contribution in [0.4, 0.5) is 17.1 Å². The predicted octanol–water partition coefficient (Wildman–Crippen LogP) is -2.57. The topological polar surface area (TPSA) is 231 Å². The van der Waals surface area contributed by atoms with Crippen LogP contribution >= 0.6 is 15.9 Å². The largest absolute Gasteiger partial charge is 0.543 e. The zero-order valence-electron chi connectivity index (χ0n) is 25.0. The first-order chi connectivity index (χ1) is 21.9. The molecule has 4 N–H and O–H groups in total. The van der Waals surface area contributed by atoms with E-state index in [1.807, 2.05) is 6.07 Å². The van der Waals surface area contributed by atoms with Crippen LogP contribution in [0.1, 0.15) is 0 Å². The maximum absolute atomic E-state index is 10.6. The average Bonchev–Trinajstić information content (AvgIpc) is 2.85. The normalized spacial score (nSPS) is 20.8. The van der Waals surface area contributed by atoms with Crippen LogP contribution in [0.5, 0.6) is 0 Å². The number of hydrogen-bond donors (Lipinski definition) is 2. The van der Waals surface area contributed by atoms with Crippen molar-refractivity contribution in [3.05, 3.63) is 73.2 Å². The number of nitro benzene ring substituents is 2. The van der Waals surface area contributed by atoms with Gasteiger partial charge in [0.05, 0.1) is 93.0 Å². The van der Waals surface area contributed by atoms with E-state index in [0.29, 0.717) is 16.2 Å². The third kappa shape index (κ3) is 9.17. The molecule has 17 heteroatoms. The van der Waals surface area contributed by atoms with Crippen molar-refractivity contribution >= 4 is 44.9 Å². The van der Waals surface area contributed by atoms with Crippen LogP contribution in [0, 0.1) is 36.5 Å². The summed E-state index contributed by atoms with van der Waals surface area (Å²) in [6.45, 7) is 12.9. The zero-order chi connectivity index (χ0) is 33.4. The molecule has 6 aliphatic heterocycles. The SMILES string of the molecule is C1[NH2+]CC12COC2.C1[NH2+]CC12COC2.O=C([O-])C(=O)[O-].O=[N+]([O-])c1cccc(Br)c1.O=[N+]([O-])c1cccc(N2CC3(COC3)C2)c1. The van der Waals surface area contributed by atoms with Gasteiger partial charge in [-0.15, -0.1) is 0 Å². The van der Waals surface area contributed by atoms with Crippen LogP contribution in [-0.2, 0) is 23.8 Å². The van der Waals surface area contributed by atoms with E-state index in [2.05, 4.69) is 31.5 Å². The van der Waals surface area contributed by atoms with Crippen molar-refractivity contribution in [2.24, 2.45) is 16.2 Å². The average molecular weight is 711 g/mol. The second kappa shape index (κ2) is 15.2. The fourth-order valence-electron chi connectivity index (χ4n) is 5.27. The van der Waals surface area contributed by atoms with Crippen LogP contribution in [0.3, 0.4) is 0 Å². The summed E-state index contributed by atoms with van der Waals surface area (Å²) >= 11 is 3.13. The van der Waals surface area contributed by atoms with Crippen LogP contribution < -0.4 is 25.7 Å². The van der Waals surface area contributed by atoms with Crippen molar-refractivity contribution < 1.29 is 54.5 Å². The monoisotopic (exact) mass is 709 g/mol. The Morgan fingerprint density at radius 3 is 1.37 bits per heavy atom. The fraction of sp³-hybridized carbons (Fsp3) is 0.517. The van der Waals surface area contributed by atoms with Gasteiger partial charge in [-0.05, 0) is 12.1 Å². The molecule has 0 bridgehead atoms. The van der Waals surface area contributed by atoms with Crippen molar-refractivity contribution in [3.63, 3.8) is 0 Å². The molecule has 6 fully saturated rings. The molecule has 2 aromatic carbocycles. The number of nitro groups is 2. The lowest BCUT2D eigenvalue weighted by atomic mass is 9.78. The number of carboxylic acid groups (broad SMARTS) is 2. The van der Waals surface area contributed by atoms with Gasteiger partial charge >= 0.3 is 0 Å². The van der Waals surface area contributed by atoms with E-state index in [1.54, 1.807) is 24.3 Å². The highest BCUT2D eigenvalue weighted by molar-refractivity contribution is 9.10. The Bertz CT molecular complexity index is 1330. The second-order valence-electron chi connectivity index (χ2n) is 12.3. The number of benzene rings is 2. The van der Waals surface area contributed by atoms with Crippen LogP contribution in [0.25, 0.3) is 0 Å². The Kier molecular flexibility index (Phi) is 11.6. The van der Waals surface area contributed by atoms with E-state index in [0.717, 1.165) is 62.9 Å². The van der Waals surface area contributed by atoms with Crippen LogP contribution in [0.15, 0.2) is 53.0 Å². The van der Waals surface area contributed by atoms with Crippen molar-refractivity contribution in [2.75, 3.05) is 83.8 Å². The number of nitrogens with two attached hydrogens (primary N) is 2. The molecule has 0 aromatic heterocycles. The molecule has 250 valence electrons. The number of ether oxygens (including phenoxy) is 3. The lowest BCUT2D eigenvalue weighted by Gasteiger charge is -2.55. The molecule has 0 atom stereocenters. The fourth-order valence-corrected chi connectivity index (χ4v) is 5.66. The molecule has 0 radical (unpaired) electrons. The van der Waals surface area contributed by atoms with E-state index >= 15 is 0 Å². The highest BCUT2D eigenvalue weighted by Gasteiger charge is 2.50. The minimum Gasteiger partial charge on any atom is -0.543 e. The molecule has 6 saturated heterocycles. The Labute approximate surface area is 272 Å². The van der Waals surface area contributed by atoms with Gasteiger partial charge in [-0.2, -0.15) is 0 Å². The first kappa shape index (κ1) is 35.1. The first-order valence-corrected chi connectivity index (χ1v) is 15.3. The molecule has 0 aliphatic carbocycles.